The molecule has 5 nitrogen and oxygen atoms in total. The van der Waals surface area contributed by atoms with Crippen LogP contribution in [0, 0.1) is 0 Å². The first-order chi connectivity index (χ1) is 6.56. The lowest BCUT2D eigenvalue weighted by molar-refractivity contribution is -0.0437. The molecule has 5 N–H and O–H groups in total. The molecule has 14 heavy (non-hydrogen) atoms. The zero-order valence-corrected chi connectivity index (χ0v) is 7.34. The van der Waals surface area contributed by atoms with Gasteiger partial charge in [0.1, 0.15) is 0 Å². The summed E-state index contributed by atoms with van der Waals surface area (Å²) < 4.78 is 0. The quantitative estimate of drug-likeness (QED) is 0.479. The minimum Gasteiger partial charge on any atom is -0.392 e. The van der Waals surface area contributed by atoms with Crippen LogP contribution >= 0.6 is 0 Å². The van der Waals surface area contributed by atoms with Crippen molar-refractivity contribution in [2.45, 2.75) is 12.9 Å². The molecule has 0 bridgehead atoms. The molecule has 76 valence electrons. The Labute approximate surface area is 80.4 Å². The molecule has 0 aliphatic carbocycles. The number of nitrogens with two attached hydrogens (primary N) is 1. The first-order valence-corrected chi connectivity index (χ1v) is 3.96. The highest BCUT2D eigenvalue weighted by atomic mass is 16.5. The van der Waals surface area contributed by atoms with E-state index < -0.39 is 12.2 Å². The second-order valence-electron chi connectivity index (χ2n) is 2.81. The van der Waals surface area contributed by atoms with Crippen LogP contribution in [-0.4, -0.2) is 21.2 Å². The van der Waals surface area contributed by atoms with Crippen molar-refractivity contribution in [2.75, 3.05) is 0 Å². The average molecular weight is 197 g/mol. The minimum atomic E-state index is -1.67. The minimum absolute atomic E-state index is 0.164. The van der Waals surface area contributed by atoms with Crippen molar-refractivity contribution < 1.29 is 20.1 Å². The molecule has 0 unspecified atom stereocenters. The maximum atomic E-state index is 10.8. The third-order valence-electron chi connectivity index (χ3n) is 1.88. The smallest absolute Gasteiger partial charge is 0.248 e. The van der Waals surface area contributed by atoms with Gasteiger partial charge in [-0.3, -0.25) is 4.79 Å². The summed E-state index contributed by atoms with van der Waals surface area (Å²) in [5.41, 5.74) is 5.68. The summed E-state index contributed by atoms with van der Waals surface area (Å²) in [7, 11) is 0. The van der Waals surface area contributed by atoms with Gasteiger partial charge in [0.05, 0.1) is 6.61 Å². The lowest BCUT2D eigenvalue weighted by Crippen LogP contribution is -2.12. The SMILES string of the molecule is NC(=O)c1ccc(C(O)O)c(CO)c1. The van der Waals surface area contributed by atoms with E-state index in [2.05, 4.69) is 0 Å². The van der Waals surface area contributed by atoms with Crippen molar-refractivity contribution in [3.8, 4) is 0 Å². The van der Waals surface area contributed by atoms with Crippen LogP contribution in [0.1, 0.15) is 27.8 Å². The maximum absolute atomic E-state index is 10.8. The van der Waals surface area contributed by atoms with E-state index in [1.54, 1.807) is 0 Å². The first-order valence-electron chi connectivity index (χ1n) is 3.96. The van der Waals surface area contributed by atoms with Gasteiger partial charge in [0.15, 0.2) is 6.29 Å². The van der Waals surface area contributed by atoms with E-state index in [1.807, 2.05) is 0 Å². The molecule has 1 amide bonds. The van der Waals surface area contributed by atoms with Gasteiger partial charge in [-0.1, -0.05) is 6.07 Å². The Morgan fingerprint density at radius 1 is 1.43 bits per heavy atom. The summed E-state index contributed by atoms with van der Waals surface area (Å²) in [6, 6.07) is 4.05. The Bertz CT molecular complexity index is 349. The Balaban J connectivity index is 3.18. The van der Waals surface area contributed by atoms with Gasteiger partial charge in [0.2, 0.25) is 5.91 Å². The molecule has 0 saturated carbocycles. The summed E-state index contributed by atoms with van der Waals surface area (Å²) in [4.78, 5) is 10.8. The van der Waals surface area contributed by atoms with Crippen LogP contribution in [-0.2, 0) is 6.61 Å². The molecular formula is C9H11NO4. The molecule has 5 heteroatoms. The van der Waals surface area contributed by atoms with Crippen LogP contribution in [0.3, 0.4) is 0 Å². The predicted molar refractivity (Wildman–Crippen MR) is 48.1 cm³/mol. The van der Waals surface area contributed by atoms with Crippen molar-refractivity contribution >= 4 is 5.91 Å². The van der Waals surface area contributed by atoms with E-state index >= 15 is 0 Å². The molecule has 0 heterocycles. The highest BCUT2D eigenvalue weighted by Gasteiger charge is 2.11. The first kappa shape index (κ1) is 10.6. The van der Waals surface area contributed by atoms with Gasteiger partial charge >= 0.3 is 0 Å². The van der Waals surface area contributed by atoms with Crippen molar-refractivity contribution in [3.05, 3.63) is 34.9 Å². The summed E-state index contributed by atoms with van der Waals surface area (Å²) in [5, 5.41) is 26.7. The van der Waals surface area contributed by atoms with E-state index in [1.165, 1.54) is 18.2 Å². The standard InChI is InChI=1S/C9H11NO4/c10-8(12)5-1-2-7(9(13)14)6(3-5)4-11/h1-3,9,11,13-14H,4H2,(H2,10,12). The lowest BCUT2D eigenvalue weighted by Gasteiger charge is -2.09. The number of primary amides is 1. The van der Waals surface area contributed by atoms with E-state index in [0.29, 0.717) is 0 Å². The van der Waals surface area contributed by atoms with Gasteiger partial charge in [-0.25, -0.2) is 0 Å². The molecule has 1 rings (SSSR count). The van der Waals surface area contributed by atoms with E-state index in [9.17, 15) is 4.79 Å². The zero-order chi connectivity index (χ0) is 10.7. The zero-order valence-electron chi connectivity index (χ0n) is 7.34. The monoisotopic (exact) mass is 197 g/mol. The van der Waals surface area contributed by atoms with Crippen LogP contribution in [0.4, 0.5) is 0 Å². The number of benzene rings is 1. The molecule has 0 aliphatic rings. The summed E-state index contributed by atoms with van der Waals surface area (Å²) in [5.74, 6) is -0.626. The number of aliphatic hydroxyl groups is 3. The van der Waals surface area contributed by atoms with E-state index in [0.717, 1.165) is 0 Å². The van der Waals surface area contributed by atoms with Gasteiger partial charge in [-0.05, 0) is 17.7 Å². The third-order valence-corrected chi connectivity index (χ3v) is 1.88. The van der Waals surface area contributed by atoms with E-state index in [4.69, 9.17) is 21.1 Å². The molecule has 1 aromatic rings. The highest BCUT2D eigenvalue weighted by Crippen LogP contribution is 2.17. The fourth-order valence-electron chi connectivity index (χ4n) is 1.15. The number of aliphatic hydroxyl groups excluding tert-OH is 2. The average Bonchev–Trinajstić information content (AvgIpc) is 2.16. The number of rotatable bonds is 3. The maximum Gasteiger partial charge on any atom is 0.248 e. The topological polar surface area (TPSA) is 104 Å². The van der Waals surface area contributed by atoms with Crippen molar-refractivity contribution in [2.24, 2.45) is 5.73 Å². The normalized spacial score (nSPS) is 10.6. The number of hydrogen-bond donors (Lipinski definition) is 4. The number of carbonyl (C=O) groups excluding carboxylic acids is 1. The van der Waals surface area contributed by atoms with Crippen molar-refractivity contribution in [1.29, 1.82) is 0 Å². The summed E-state index contributed by atoms with van der Waals surface area (Å²) in [6.45, 7) is -0.381. The second-order valence-corrected chi connectivity index (χ2v) is 2.81. The van der Waals surface area contributed by atoms with Crippen LogP contribution in [0.25, 0.3) is 0 Å². The van der Waals surface area contributed by atoms with Gasteiger partial charge in [-0.15, -0.1) is 0 Å². The van der Waals surface area contributed by atoms with Gasteiger partial charge in [-0.2, -0.15) is 0 Å². The molecular weight excluding hydrogens is 186 g/mol. The highest BCUT2D eigenvalue weighted by molar-refractivity contribution is 5.93. The summed E-state index contributed by atoms with van der Waals surface area (Å²) >= 11 is 0. The fraction of sp³-hybridized carbons (Fsp3) is 0.222. The molecule has 0 radical (unpaired) electrons. The largest absolute Gasteiger partial charge is 0.392 e. The van der Waals surface area contributed by atoms with Gasteiger partial charge in [0.25, 0.3) is 0 Å². The van der Waals surface area contributed by atoms with Crippen molar-refractivity contribution in [1.82, 2.24) is 0 Å². The molecule has 0 spiro atoms. The number of carbonyl (C=O) groups is 1. The molecule has 0 aromatic heterocycles. The van der Waals surface area contributed by atoms with Gasteiger partial charge in [0, 0.05) is 11.1 Å². The molecule has 1 aromatic carbocycles. The van der Waals surface area contributed by atoms with Crippen LogP contribution in [0.15, 0.2) is 18.2 Å². The molecule has 0 saturated heterocycles. The number of amides is 1. The molecule has 0 fully saturated rings. The Morgan fingerprint density at radius 3 is 2.50 bits per heavy atom. The predicted octanol–water partition coefficient (Wildman–Crippen LogP) is -0.739. The van der Waals surface area contributed by atoms with Crippen LogP contribution in [0.2, 0.25) is 0 Å². The lowest BCUT2D eigenvalue weighted by atomic mass is 10.0. The van der Waals surface area contributed by atoms with Gasteiger partial charge < -0.3 is 21.1 Å². The Hall–Kier alpha value is -1.43. The number of hydrogen-bond acceptors (Lipinski definition) is 4. The fourth-order valence-corrected chi connectivity index (χ4v) is 1.15. The Morgan fingerprint density at radius 2 is 2.07 bits per heavy atom. The summed E-state index contributed by atoms with van der Waals surface area (Å²) in [6.07, 6.45) is -1.67. The second kappa shape index (κ2) is 4.19. The van der Waals surface area contributed by atoms with E-state index in [-0.39, 0.29) is 23.3 Å². The molecule has 0 aliphatic heterocycles. The van der Waals surface area contributed by atoms with Crippen LogP contribution < -0.4 is 5.73 Å². The molecule has 0 atom stereocenters. The van der Waals surface area contributed by atoms with Crippen LogP contribution in [0.5, 0.6) is 0 Å². The Kier molecular flexibility index (Phi) is 3.19. The third kappa shape index (κ3) is 2.08. The van der Waals surface area contributed by atoms with Crippen molar-refractivity contribution in [3.63, 3.8) is 0 Å².